The average Bonchev–Trinajstić information content (AvgIpc) is 3.14. The number of aliphatic hydroxyl groups is 3. The third-order valence-corrected chi connectivity index (χ3v) is 4.96. The number of nitrogen functional groups attached to an aromatic ring is 1. The molecule has 0 amide bonds. The Bertz CT molecular complexity index is 860. The summed E-state index contributed by atoms with van der Waals surface area (Å²) < 4.78 is 7.15. The van der Waals surface area contributed by atoms with Crippen molar-refractivity contribution in [3.05, 3.63) is 10.4 Å². The average molecular weight is 366 g/mol. The molecular weight excluding hydrogens is 344 g/mol. The van der Waals surface area contributed by atoms with Gasteiger partial charge in [-0.05, 0) is 19.3 Å². The van der Waals surface area contributed by atoms with Crippen molar-refractivity contribution in [3.63, 3.8) is 0 Å². The summed E-state index contributed by atoms with van der Waals surface area (Å²) in [5.41, 5.74) is 5.44. The smallest absolute Gasteiger partial charge is 0.280 e. The molecule has 0 aliphatic carbocycles. The lowest BCUT2D eigenvalue weighted by atomic mass is 10.1. The fourth-order valence-electron chi connectivity index (χ4n) is 3.63. The summed E-state index contributed by atoms with van der Waals surface area (Å²) in [5, 5.41) is 29.9. The molecule has 0 saturated carbocycles. The number of piperidine rings is 1. The van der Waals surface area contributed by atoms with E-state index in [1.165, 1.54) is 4.57 Å². The minimum absolute atomic E-state index is 0.0810. The second-order valence-corrected chi connectivity index (χ2v) is 6.68. The molecule has 6 N–H and O–H groups in total. The fraction of sp³-hybridized carbons (Fsp3) is 0.667. The van der Waals surface area contributed by atoms with Crippen LogP contribution in [0.3, 0.4) is 0 Å². The molecule has 4 atom stereocenters. The van der Waals surface area contributed by atoms with Crippen molar-refractivity contribution in [2.75, 3.05) is 30.3 Å². The van der Waals surface area contributed by atoms with Crippen LogP contribution in [0, 0.1) is 0 Å². The molecule has 11 nitrogen and oxygen atoms in total. The van der Waals surface area contributed by atoms with E-state index in [4.69, 9.17) is 10.5 Å². The number of aromatic nitrogens is 4. The lowest BCUT2D eigenvalue weighted by Crippen LogP contribution is -2.35. The minimum Gasteiger partial charge on any atom is -0.394 e. The highest BCUT2D eigenvalue weighted by atomic mass is 16.6. The van der Waals surface area contributed by atoms with Gasteiger partial charge < -0.3 is 30.7 Å². The molecule has 26 heavy (non-hydrogen) atoms. The number of rotatable bonds is 3. The van der Waals surface area contributed by atoms with E-state index in [2.05, 4.69) is 15.0 Å². The number of nitrogens with two attached hydrogens (primary N) is 1. The molecule has 0 unspecified atom stereocenters. The molecule has 2 aliphatic heterocycles. The van der Waals surface area contributed by atoms with Crippen LogP contribution in [0.4, 0.5) is 11.9 Å². The number of nitrogens with zero attached hydrogens (tertiary/aromatic N) is 4. The number of H-pyrrole nitrogens is 1. The second-order valence-electron chi connectivity index (χ2n) is 6.68. The third kappa shape index (κ3) is 2.63. The molecular formula is C15H22N6O5. The van der Waals surface area contributed by atoms with Crippen LogP contribution in [0.5, 0.6) is 0 Å². The zero-order chi connectivity index (χ0) is 18.4. The lowest BCUT2D eigenvalue weighted by Gasteiger charge is -2.30. The third-order valence-electron chi connectivity index (χ3n) is 4.96. The maximum Gasteiger partial charge on any atom is 0.280 e. The van der Waals surface area contributed by atoms with E-state index in [9.17, 15) is 20.1 Å². The highest BCUT2D eigenvalue weighted by molar-refractivity contribution is 5.75. The Labute approximate surface area is 148 Å². The predicted octanol–water partition coefficient (Wildman–Crippen LogP) is -1.70. The molecule has 2 saturated heterocycles. The molecule has 142 valence electrons. The predicted molar refractivity (Wildman–Crippen MR) is 91.6 cm³/mol. The van der Waals surface area contributed by atoms with Crippen LogP contribution in [0.15, 0.2) is 4.79 Å². The zero-order valence-corrected chi connectivity index (χ0v) is 14.1. The highest BCUT2D eigenvalue weighted by Crippen LogP contribution is 2.35. The number of aliphatic hydroxyl groups excluding tert-OH is 3. The second kappa shape index (κ2) is 6.50. The number of aromatic amines is 1. The summed E-state index contributed by atoms with van der Waals surface area (Å²) in [6.45, 7) is 1.04. The SMILES string of the molecule is Nc1nc2c(nc(N3CCCCC3)n2[C@@H]2O[C@H](CO)[C@@H](O)[C@H]2O)c(=O)[nH]1. The Kier molecular flexibility index (Phi) is 4.31. The summed E-state index contributed by atoms with van der Waals surface area (Å²) in [5.74, 6) is 0.346. The van der Waals surface area contributed by atoms with Gasteiger partial charge >= 0.3 is 0 Å². The first-order valence-corrected chi connectivity index (χ1v) is 8.66. The van der Waals surface area contributed by atoms with Gasteiger partial charge in [-0.15, -0.1) is 0 Å². The molecule has 4 rings (SSSR count). The van der Waals surface area contributed by atoms with Gasteiger partial charge in [0.1, 0.15) is 18.3 Å². The molecule has 2 fully saturated rings. The van der Waals surface area contributed by atoms with E-state index < -0.39 is 36.7 Å². The first-order chi connectivity index (χ1) is 12.5. The van der Waals surface area contributed by atoms with Gasteiger partial charge in [-0.25, -0.2) is 4.98 Å². The molecule has 4 heterocycles. The normalized spacial score (nSPS) is 29.6. The van der Waals surface area contributed by atoms with Crippen LogP contribution in [-0.4, -0.2) is 72.8 Å². The van der Waals surface area contributed by atoms with Gasteiger partial charge in [-0.2, -0.15) is 4.98 Å². The van der Waals surface area contributed by atoms with Gasteiger partial charge in [0, 0.05) is 13.1 Å². The van der Waals surface area contributed by atoms with Crippen LogP contribution in [0.25, 0.3) is 11.2 Å². The number of ether oxygens (including phenoxy) is 1. The van der Waals surface area contributed by atoms with Crippen LogP contribution in [-0.2, 0) is 4.74 Å². The Morgan fingerprint density at radius 3 is 2.58 bits per heavy atom. The molecule has 0 spiro atoms. The summed E-state index contributed by atoms with van der Waals surface area (Å²) in [6.07, 6.45) is -1.50. The maximum absolute atomic E-state index is 12.3. The number of fused-ring (bicyclic) bond motifs is 1. The standard InChI is InChI=1S/C15H22N6O5/c16-14-18-11-8(12(25)19-14)17-15(20-4-2-1-3-5-20)21(11)13-10(24)9(23)7(6-22)26-13/h7,9-10,13,22-24H,1-6H2,(H3,16,18,19,25)/t7-,9-,10-,13-/m1/s1. The monoisotopic (exact) mass is 366 g/mol. The number of anilines is 2. The molecule has 0 bridgehead atoms. The molecule has 2 aliphatic rings. The summed E-state index contributed by atoms with van der Waals surface area (Å²) >= 11 is 0. The van der Waals surface area contributed by atoms with Crippen LogP contribution >= 0.6 is 0 Å². The topological polar surface area (TPSA) is 163 Å². The van der Waals surface area contributed by atoms with E-state index in [1.54, 1.807) is 0 Å². The van der Waals surface area contributed by atoms with E-state index >= 15 is 0 Å². The van der Waals surface area contributed by atoms with E-state index in [1.807, 2.05) is 4.90 Å². The van der Waals surface area contributed by atoms with Crippen LogP contribution in [0.1, 0.15) is 25.5 Å². The minimum atomic E-state index is -1.31. The highest BCUT2D eigenvalue weighted by Gasteiger charge is 2.45. The maximum atomic E-state index is 12.3. The molecule has 2 aromatic rings. The van der Waals surface area contributed by atoms with Crippen molar-refractivity contribution >= 4 is 23.1 Å². The largest absolute Gasteiger partial charge is 0.394 e. The van der Waals surface area contributed by atoms with Gasteiger partial charge in [0.25, 0.3) is 5.56 Å². The molecule has 0 aromatic carbocycles. The first-order valence-electron chi connectivity index (χ1n) is 8.66. The Morgan fingerprint density at radius 1 is 1.19 bits per heavy atom. The Balaban J connectivity index is 1.89. The first kappa shape index (κ1) is 17.2. The lowest BCUT2D eigenvalue weighted by molar-refractivity contribution is -0.0504. The summed E-state index contributed by atoms with van der Waals surface area (Å²) in [4.78, 5) is 25.3. The number of nitrogens with one attached hydrogen (secondary N) is 1. The summed E-state index contributed by atoms with van der Waals surface area (Å²) in [6, 6.07) is 0. The molecule has 11 heteroatoms. The van der Waals surface area contributed by atoms with Gasteiger partial charge in [0.2, 0.25) is 11.9 Å². The summed E-state index contributed by atoms with van der Waals surface area (Å²) in [7, 11) is 0. The van der Waals surface area contributed by atoms with Gasteiger partial charge in [-0.1, -0.05) is 0 Å². The Morgan fingerprint density at radius 2 is 1.92 bits per heavy atom. The number of hydrogen-bond acceptors (Lipinski definition) is 9. The van der Waals surface area contributed by atoms with Crippen molar-refractivity contribution < 1.29 is 20.1 Å². The zero-order valence-electron chi connectivity index (χ0n) is 14.1. The van der Waals surface area contributed by atoms with Gasteiger partial charge in [-0.3, -0.25) is 14.3 Å². The van der Waals surface area contributed by atoms with E-state index in [-0.39, 0.29) is 17.1 Å². The van der Waals surface area contributed by atoms with Gasteiger partial charge in [0.15, 0.2) is 17.4 Å². The van der Waals surface area contributed by atoms with Crippen molar-refractivity contribution in [1.29, 1.82) is 0 Å². The molecule has 0 radical (unpaired) electrons. The van der Waals surface area contributed by atoms with Gasteiger partial charge in [0.05, 0.1) is 6.61 Å². The van der Waals surface area contributed by atoms with Crippen molar-refractivity contribution in [2.45, 2.75) is 43.8 Å². The Hall–Kier alpha value is -2.21. The number of hydrogen-bond donors (Lipinski definition) is 5. The van der Waals surface area contributed by atoms with Crippen LogP contribution < -0.4 is 16.2 Å². The quantitative estimate of drug-likeness (QED) is 0.426. The van der Waals surface area contributed by atoms with Crippen molar-refractivity contribution in [2.24, 2.45) is 0 Å². The fourth-order valence-corrected chi connectivity index (χ4v) is 3.63. The van der Waals surface area contributed by atoms with Crippen LogP contribution in [0.2, 0.25) is 0 Å². The van der Waals surface area contributed by atoms with E-state index in [0.29, 0.717) is 5.95 Å². The molecule has 2 aromatic heterocycles. The van der Waals surface area contributed by atoms with Crippen molar-refractivity contribution in [1.82, 2.24) is 19.5 Å². The number of imidazole rings is 1. The van der Waals surface area contributed by atoms with E-state index in [0.717, 1.165) is 32.4 Å². The van der Waals surface area contributed by atoms with Crippen molar-refractivity contribution in [3.8, 4) is 0 Å².